The topological polar surface area (TPSA) is 65.4 Å². The van der Waals surface area contributed by atoms with Crippen molar-refractivity contribution in [3.63, 3.8) is 0 Å². The van der Waals surface area contributed by atoms with Gasteiger partial charge in [0.25, 0.3) is 5.88 Å². The molecule has 0 radical (unpaired) electrons. The standard InChI is InChI=1S/C8H10N4O.2ClH/c1-5-3-12-4-6(9)11-8(13-2)7(12)10-5;;/h3-4H,9H2,1-2H3;2*1H. The summed E-state index contributed by atoms with van der Waals surface area (Å²) >= 11 is 0. The highest BCUT2D eigenvalue weighted by Crippen LogP contribution is 2.17. The van der Waals surface area contributed by atoms with Crippen LogP contribution in [-0.2, 0) is 0 Å². The van der Waals surface area contributed by atoms with Crippen molar-refractivity contribution in [2.45, 2.75) is 6.92 Å². The Morgan fingerprint density at radius 2 is 1.93 bits per heavy atom. The van der Waals surface area contributed by atoms with Crippen molar-refractivity contribution in [1.82, 2.24) is 14.4 Å². The number of nitrogens with zero attached hydrogens (tertiary/aromatic N) is 3. The first-order valence-electron chi connectivity index (χ1n) is 3.86. The average molecular weight is 251 g/mol. The minimum absolute atomic E-state index is 0. The fraction of sp³-hybridized carbons (Fsp3) is 0.250. The number of nitrogens with two attached hydrogens (primary N) is 1. The summed E-state index contributed by atoms with van der Waals surface area (Å²) in [6, 6.07) is 0. The Labute approximate surface area is 99.5 Å². The van der Waals surface area contributed by atoms with Crippen molar-refractivity contribution in [2.75, 3.05) is 12.8 Å². The number of aromatic nitrogens is 3. The van der Waals surface area contributed by atoms with Crippen LogP contribution in [0.4, 0.5) is 5.82 Å². The second-order valence-corrected chi connectivity index (χ2v) is 2.79. The van der Waals surface area contributed by atoms with Gasteiger partial charge in [0.2, 0.25) is 5.65 Å². The minimum atomic E-state index is 0. The van der Waals surface area contributed by atoms with Crippen molar-refractivity contribution < 1.29 is 4.74 Å². The van der Waals surface area contributed by atoms with Crippen LogP contribution >= 0.6 is 24.8 Å². The van der Waals surface area contributed by atoms with Gasteiger partial charge >= 0.3 is 0 Å². The molecule has 0 spiro atoms. The molecule has 2 aromatic rings. The molecule has 0 unspecified atom stereocenters. The lowest BCUT2D eigenvalue weighted by Crippen LogP contribution is -1.98. The molecule has 0 aliphatic carbocycles. The van der Waals surface area contributed by atoms with E-state index in [1.807, 2.05) is 13.1 Å². The summed E-state index contributed by atoms with van der Waals surface area (Å²) in [6.07, 6.45) is 3.58. The third-order valence-electron chi connectivity index (χ3n) is 1.74. The predicted octanol–water partition coefficient (Wildman–Crippen LogP) is 1.47. The van der Waals surface area contributed by atoms with Crippen LogP contribution in [-0.4, -0.2) is 21.5 Å². The van der Waals surface area contributed by atoms with E-state index < -0.39 is 0 Å². The van der Waals surface area contributed by atoms with Gasteiger partial charge < -0.3 is 10.5 Å². The zero-order valence-electron chi connectivity index (χ0n) is 8.30. The lowest BCUT2D eigenvalue weighted by molar-refractivity contribution is 0.401. The van der Waals surface area contributed by atoms with Crippen molar-refractivity contribution >= 4 is 36.3 Å². The molecular formula is C8H12Cl2N4O. The molecule has 0 saturated heterocycles. The maximum Gasteiger partial charge on any atom is 0.260 e. The van der Waals surface area contributed by atoms with Crippen LogP contribution in [0.3, 0.4) is 0 Å². The smallest absolute Gasteiger partial charge is 0.260 e. The molecule has 0 aliphatic heterocycles. The fourth-order valence-electron chi connectivity index (χ4n) is 1.25. The van der Waals surface area contributed by atoms with Crippen molar-refractivity contribution in [1.29, 1.82) is 0 Å². The summed E-state index contributed by atoms with van der Waals surface area (Å²) in [6.45, 7) is 1.91. The van der Waals surface area contributed by atoms with E-state index in [2.05, 4.69) is 9.97 Å². The van der Waals surface area contributed by atoms with Gasteiger partial charge in [0, 0.05) is 6.20 Å². The Hall–Kier alpha value is -1.20. The molecule has 84 valence electrons. The maximum atomic E-state index is 5.57. The van der Waals surface area contributed by atoms with Crippen molar-refractivity contribution in [2.24, 2.45) is 0 Å². The van der Waals surface area contributed by atoms with Gasteiger partial charge in [0.05, 0.1) is 19.0 Å². The molecule has 0 atom stereocenters. The first kappa shape index (κ1) is 13.8. The second kappa shape index (κ2) is 5.04. The Kier molecular flexibility index (Phi) is 4.64. The first-order chi connectivity index (χ1) is 6.20. The molecule has 0 aliphatic rings. The van der Waals surface area contributed by atoms with Crippen LogP contribution in [0.2, 0.25) is 0 Å². The van der Waals surface area contributed by atoms with Crippen LogP contribution in [0.1, 0.15) is 5.69 Å². The Morgan fingerprint density at radius 3 is 2.53 bits per heavy atom. The average Bonchev–Trinajstić information content (AvgIpc) is 2.43. The van der Waals surface area contributed by atoms with Gasteiger partial charge in [-0.3, -0.25) is 4.40 Å². The van der Waals surface area contributed by atoms with E-state index in [4.69, 9.17) is 10.5 Å². The van der Waals surface area contributed by atoms with Gasteiger partial charge in [-0.05, 0) is 6.92 Å². The zero-order chi connectivity index (χ0) is 9.42. The van der Waals surface area contributed by atoms with Crippen molar-refractivity contribution in [3.8, 4) is 5.88 Å². The van der Waals surface area contributed by atoms with E-state index in [0.717, 1.165) is 5.69 Å². The summed E-state index contributed by atoms with van der Waals surface area (Å²) in [5.41, 5.74) is 7.17. The first-order valence-corrected chi connectivity index (χ1v) is 3.86. The Bertz CT molecular complexity index is 457. The number of fused-ring (bicyclic) bond motifs is 1. The molecule has 5 nitrogen and oxygen atoms in total. The van der Waals surface area contributed by atoms with Gasteiger partial charge in [0.15, 0.2) is 0 Å². The van der Waals surface area contributed by atoms with E-state index in [1.54, 1.807) is 17.7 Å². The Balaban J connectivity index is 0.000000980. The molecular weight excluding hydrogens is 239 g/mol. The summed E-state index contributed by atoms with van der Waals surface area (Å²) in [5, 5.41) is 0. The van der Waals surface area contributed by atoms with Gasteiger partial charge in [-0.15, -0.1) is 24.8 Å². The van der Waals surface area contributed by atoms with Crippen LogP contribution in [0.5, 0.6) is 5.88 Å². The quantitative estimate of drug-likeness (QED) is 0.833. The zero-order valence-corrected chi connectivity index (χ0v) is 9.93. The number of nitrogen functional groups attached to an aromatic ring is 1. The van der Waals surface area contributed by atoms with E-state index in [1.165, 1.54) is 0 Å². The number of rotatable bonds is 1. The number of methoxy groups -OCH3 is 1. The molecule has 2 N–H and O–H groups in total. The predicted molar refractivity (Wildman–Crippen MR) is 63.2 cm³/mol. The van der Waals surface area contributed by atoms with Crippen LogP contribution in [0.25, 0.3) is 5.65 Å². The van der Waals surface area contributed by atoms with Crippen LogP contribution in [0.15, 0.2) is 12.4 Å². The monoisotopic (exact) mass is 250 g/mol. The molecule has 2 heterocycles. The normalized spacial score (nSPS) is 9.20. The minimum Gasteiger partial charge on any atom is -0.478 e. The number of hydrogen-bond donors (Lipinski definition) is 1. The number of anilines is 1. The van der Waals surface area contributed by atoms with Crippen molar-refractivity contribution in [3.05, 3.63) is 18.1 Å². The van der Waals surface area contributed by atoms with E-state index in [0.29, 0.717) is 17.3 Å². The van der Waals surface area contributed by atoms with Gasteiger partial charge in [0.1, 0.15) is 5.82 Å². The van der Waals surface area contributed by atoms with Gasteiger partial charge in [-0.2, -0.15) is 4.98 Å². The molecule has 7 heteroatoms. The van der Waals surface area contributed by atoms with Crippen LogP contribution in [0, 0.1) is 6.92 Å². The lowest BCUT2D eigenvalue weighted by Gasteiger charge is -2.01. The number of imidazole rings is 1. The third-order valence-corrected chi connectivity index (χ3v) is 1.74. The molecule has 0 amide bonds. The number of ether oxygens (including phenoxy) is 1. The summed E-state index contributed by atoms with van der Waals surface area (Å²) < 4.78 is 6.85. The highest BCUT2D eigenvalue weighted by molar-refractivity contribution is 5.85. The van der Waals surface area contributed by atoms with Crippen LogP contribution < -0.4 is 10.5 Å². The maximum absolute atomic E-state index is 5.57. The third kappa shape index (κ3) is 2.43. The lowest BCUT2D eigenvalue weighted by atomic mass is 10.6. The van der Waals surface area contributed by atoms with Gasteiger partial charge in [-0.25, -0.2) is 4.98 Å². The molecule has 0 fully saturated rings. The molecule has 0 saturated carbocycles. The molecule has 15 heavy (non-hydrogen) atoms. The highest BCUT2D eigenvalue weighted by atomic mass is 35.5. The summed E-state index contributed by atoms with van der Waals surface area (Å²) in [5.74, 6) is 0.870. The van der Waals surface area contributed by atoms with E-state index in [-0.39, 0.29) is 24.8 Å². The second-order valence-electron chi connectivity index (χ2n) is 2.79. The SMILES string of the molecule is COc1nc(N)cn2cc(C)nc12.Cl.Cl. The summed E-state index contributed by atoms with van der Waals surface area (Å²) in [4.78, 5) is 8.25. The van der Waals surface area contributed by atoms with E-state index in [9.17, 15) is 0 Å². The number of aryl methyl sites for hydroxylation is 1. The molecule has 2 rings (SSSR count). The van der Waals surface area contributed by atoms with E-state index >= 15 is 0 Å². The number of halogens is 2. The molecule has 0 aromatic carbocycles. The largest absolute Gasteiger partial charge is 0.478 e. The fourth-order valence-corrected chi connectivity index (χ4v) is 1.25. The Morgan fingerprint density at radius 1 is 1.27 bits per heavy atom. The molecule has 2 aromatic heterocycles. The van der Waals surface area contributed by atoms with Gasteiger partial charge in [-0.1, -0.05) is 0 Å². The number of hydrogen-bond acceptors (Lipinski definition) is 4. The molecule has 0 bridgehead atoms. The summed E-state index contributed by atoms with van der Waals surface area (Å²) in [7, 11) is 1.55. The highest BCUT2D eigenvalue weighted by Gasteiger charge is 2.06.